The van der Waals surface area contributed by atoms with Crippen LogP contribution in [0.3, 0.4) is 0 Å². The van der Waals surface area contributed by atoms with Gasteiger partial charge in [0.1, 0.15) is 0 Å². The van der Waals surface area contributed by atoms with E-state index in [0.29, 0.717) is 0 Å². The molecule has 0 amide bonds. The van der Waals surface area contributed by atoms with Crippen LogP contribution in [0.5, 0.6) is 0 Å². The molecule has 0 fully saturated rings. The Kier molecular flexibility index (Phi) is 7.11. The molecule has 0 aromatic heterocycles. The Balaban J connectivity index is 2.44. The summed E-state index contributed by atoms with van der Waals surface area (Å²) in [4.78, 5) is 5.07. The van der Waals surface area contributed by atoms with Crippen molar-refractivity contribution in [3.05, 3.63) is 102 Å². The Bertz CT molecular complexity index is 826. The number of benzene rings is 3. The number of rotatable bonds is 9. The molecule has 29 heavy (non-hydrogen) atoms. The Morgan fingerprint density at radius 2 is 1.00 bits per heavy atom. The summed E-state index contributed by atoms with van der Waals surface area (Å²) in [5.41, 5.74) is 4.96. The average Bonchev–Trinajstić information content (AvgIpc) is 2.80. The Morgan fingerprint density at radius 1 is 0.552 bits per heavy atom. The Morgan fingerprint density at radius 3 is 1.45 bits per heavy atom. The maximum atomic E-state index is 2.60. The highest BCUT2D eigenvalue weighted by Crippen LogP contribution is 2.45. The molecule has 0 saturated carbocycles. The predicted molar refractivity (Wildman–Crippen MR) is 126 cm³/mol. The van der Waals surface area contributed by atoms with Crippen LogP contribution in [0.1, 0.15) is 44.4 Å². The van der Waals surface area contributed by atoms with Gasteiger partial charge in [-0.3, -0.25) is 4.90 Å². The molecule has 152 valence electrons. The maximum Gasteiger partial charge on any atom is 0.0992 e. The molecule has 3 aromatic rings. The summed E-state index contributed by atoms with van der Waals surface area (Å²) >= 11 is 0. The third-order valence-corrected chi connectivity index (χ3v) is 6.02. The Labute approximate surface area is 176 Å². The number of para-hydroxylation sites is 1. The zero-order valence-corrected chi connectivity index (χ0v) is 18.3. The summed E-state index contributed by atoms with van der Waals surface area (Å²) in [6.45, 7) is 12.9. The van der Waals surface area contributed by atoms with Crippen molar-refractivity contribution in [2.24, 2.45) is 0 Å². The van der Waals surface area contributed by atoms with Crippen LogP contribution in [0.25, 0.3) is 0 Å². The van der Waals surface area contributed by atoms with Gasteiger partial charge in [-0.25, -0.2) is 0 Å². The average molecular weight is 387 g/mol. The summed E-state index contributed by atoms with van der Waals surface area (Å²) in [6, 6.07) is 31.0. The van der Waals surface area contributed by atoms with E-state index in [1.54, 1.807) is 0 Å². The van der Waals surface area contributed by atoms with Crippen LogP contribution < -0.4 is 4.90 Å². The van der Waals surface area contributed by atoms with Crippen LogP contribution in [0.15, 0.2) is 84.9 Å². The van der Waals surface area contributed by atoms with E-state index in [9.17, 15) is 0 Å². The van der Waals surface area contributed by atoms with Crippen molar-refractivity contribution in [2.75, 3.05) is 31.1 Å². The molecular formula is C27H34N2. The fourth-order valence-electron chi connectivity index (χ4n) is 4.69. The lowest BCUT2D eigenvalue weighted by atomic mass is 9.74. The van der Waals surface area contributed by atoms with E-state index in [0.717, 1.165) is 26.2 Å². The van der Waals surface area contributed by atoms with Crippen molar-refractivity contribution in [3.63, 3.8) is 0 Å². The molecule has 3 rings (SSSR count). The minimum absolute atomic E-state index is 0.342. The Hall–Kier alpha value is -2.58. The van der Waals surface area contributed by atoms with Gasteiger partial charge in [0.2, 0.25) is 0 Å². The molecule has 0 atom stereocenters. The minimum atomic E-state index is -0.342. The first kappa shape index (κ1) is 21.1. The van der Waals surface area contributed by atoms with Crippen LogP contribution in [0.2, 0.25) is 0 Å². The third-order valence-electron chi connectivity index (χ3n) is 6.02. The highest BCUT2D eigenvalue weighted by Gasteiger charge is 2.42. The maximum absolute atomic E-state index is 2.60. The van der Waals surface area contributed by atoms with Gasteiger partial charge >= 0.3 is 0 Å². The number of hydrogen-bond acceptors (Lipinski definition) is 2. The summed E-state index contributed by atoms with van der Waals surface area (Å²) in [5, 5.41) is 0. The number of anilines is 1. The van der Waals surface area contributed by atoms with Crippen LogP contribution >= 0.6 is 0 Å². The first-order valence-electron chi connectivity index (χ1n) is 10.9. The van der Waals surface area contributed by atoms with Gasteiger partial charge in [0.15, 0.2) is 0 Å². The molecule has 0 heterocycles. The molecule has 0 aliphatic rings. The normalized spacial score (nSPS) is 11.6. The lowest BCUT2D eigenvalue weighted by Gasteiger charge is -2.46. The second-order valence-electron chi connectivity index (χ2n) is 7.30. The van der Waals surface area contributed by atoms with Gasteiger partial charge in [-0.15, -0.1) is 0 Å². The van der Waals surface area contributed by atoms with Crippen molar-refractivity contribution in [1.29, 1.82) is 0 Å². The van der Waals surface area contributed by atoms with E-state index in [4.69, 9.17) is 0 Å². The van der Waals surface area contributed by atoms with E-state index < -0.39 is 0 Å². The molecule has 0 bridgehead atoms. The van der Waals surface area contributed by atoms with Crippen LogP contribution in [0, 0.1) is 0 Å². The molecule has 0 saturated heterocycles. The van der Waals surface area contributed by atoms with E-state index in [2.05, 4.69) is 122 Å². The van der Waals surface area contributed by atoms with Gasteiger partial charge in [-0.1, -0.05) is 92.7 Å². The largest absolute Gasteiger partial charge is 0.372 e. The molecule has 0 radical (unpaired) electrons. The van der Waals surface area contributed by atoms with Crippen molar-refractivity contribution in [3.8, 4) is 0 Å². The standard InChI is InChI=1S/C27H34N2/c1-5-28(6-2)26-22-16-15-21-25(26)27(29(7-3)8-4,23-17-11-9-12-18-23)24-19-13-10-14-20-24/h9-22H,5-8H2,1-4H3. The first-order chi connectivity index (χ1) is 14.2. The van der Waals surface area contributed by atoms with Crippen molar-refractivity contribution in [2.45, 2.75) is 33.2 Å². The lowest BCUT2D eigenvalue weighted by Crippen LogP contribution is -2.48. The SMILES string of the molecule is CCN(CC)c1ccccc1C(c1ccccc1)(c1ccccc1)N(CC)CC. The van der Waals surface area contributed by atoms with E-state index in [1.807, 2.05) is 0 Å². The van der Waals surface area contributed by atoms with Gasteiger partial charge < -0.3 is 4.90 Å². The minimum Gasteiger partial charge on any atom is -0.372 e. The summed E-state index contributed by atoms with van der Waals surface area (Å²) in [5.74, 6) is 0. The molecule has 0 aliphatic heterocycles. The van der Waals surface area contributed by atoms with E-state index in [1.165, 1.54) is 22.4 Å². The molecule has 0 spiro atoms. The van der Waals surface area contributed by atoms with E-state index in [-0.39, 0.29) is 5.54 Å². The van der Waals surface area contributed by atoms with E-state index >= 15 is 0 Å². The molecule has 0 aliphatic carbocycles. The van der Waals surface area contributed by atoms with Crippen molar-refractivity contribution < 1.29 is 0 Å². The predicted octanol–water partition coefficient (Wildman–Crippen LogP) is 6.17. The smallest absolute Gasteiger partial charge is 0.0992 e. The molecule has 3 aromatic carbocycles. The summed E-state index contributed by atoms with van der Waals surface area (Å²) < 4.78 is 0. The lowest BCUT2D eigenvalue weighted by molar-refractivity contribution is 0.175. The van der Waals surface area contributed by atoms with Gasteiger partial charge in [0, 0.05) is 24.3 Å². The summed E-state index contributed by atoms with van der Waals surface area (Å²) in [7, 11) is 0. The van der Waals surface area contributed by atoms with Crippen LogP contribution in [-0.4, -0.2) is 31.1 Å². The van der Waals surface area contributed by atoms with Gasteiger partial charge in [-0.2, -0.15) is 0 Å². The van der Waals surface area contributed by atoms with Crippen LogP contribution in [0.4, 0.5) is 5.69 Å². The molecule has 2 nitrogen and oxygen atoms in total. The molecule has 0 N–H and O–H groups in total. The van der Waals surface area contributed by atoms with Gasteiger partial charge in [0.05, 0.1) is 5.54 Å². The molecule has 0 unspecified atom stereocenters. The molecule has 2 heteroatoms. The highest BCUT2D eigenvalue weighted by molar-refractivity contribution is 5.63. The number of nitrogens with zero attached hydrogens (tertiary/aromatic N) is 2. The van der Waals surface area contributed by atoms with Crippen molar-refractivity contribution >= 4 is 5.69 Å². The zero-order chi connectivity index (χ0) is 20.7. The summed E-state index contributed by atoms with van der Waals surface area (Å²) in [6.07, 6.45) is 0. The monoisotopic (exact) mass is 386 g/mol. The highest BCUT2D eigenvalue weighted by atomic mass is 15.2. The van der Waals surface area contributed by atoms with Crippen molar-refractivity contribution in [1.82, 2.24) is 4.90 Å². The van der Waals surface area contributed by atoms with Gasteiger partial charge in [-0.05, 0) is 44.1 Å². The topological polar surface area (TPSA) is 6.48 Å². The second-order valence-corrected chi connectivity index (χ2v) is 7.30. The molecular weight excluding hydrogens is 352 g/mol. The zero-order valence-electron chi connectivity index (χ0n) is 18.3. The first-order valence-corrected chi connectivity index (χ1v) is 10.9. The third kappa shape index (κ3) is 3.82. The van der Waals surface area contributed by atoms with Crippen LogP contribution in [-0.2, 0) is 5.54 Å². The fourth-order valence-corrected chi connectivity index (χ4v) is 4.69. The number of hydrogen-bond donors (Lipinski definition) is 0. The second kappa shape index (κ2) is 9.76. The fraction of sp³-hybridized carbons (Fsp3) is 0.333. The quantitative estimate of drug-likeness (QED) is 0.406. The van der Waals surface area contributed by atoms with Gasteiger partial charge in [0.25, 0.3) is 0 Å².